The van der Waals surface area contributed by atoms with Crippen molar-refractivity contribution in [2.24, 2.45) is 5.73 Å². The van der Waals surface area contributed by atoms with Crippen molar-refractivity contribution in [2.75, 3.05) is 0 Å². The number of primary amides is 1. The minimum Gasteiger partial charge on any atom is -0.364 e. The molecule has 1 amide bonds. The fourth-order valence-electron chi connectivity index (χ4n) is 1.96. The summed E-state index contributed by atoms with van der Waals surface area (Å²) < 4.78 is 25.6. The van der Waals surface area contributed by atoms with E-state index in [9.17, 15) is 13.6 Å². The van der Waals surface area contributed by atoms with E-state index in [4.69, 9.17) is 0 Å². The molecule has 0 aliphatic carbocycles. The van der Waals surface area contributed by atoms with E-state index in [2.05, 4.69) is 12.7 Å². The van der Waals surface area contributed by atoms with E-state index in [0.717, 1.165) is 19.3 Å². The zero-order valence-electron chi connectivity index (χ0n) is 11.5. The van der Waals surface area contributed by atoms with Crippen molar-refractivity contribution in [1.82, 2.24) is 0 Å². The summed E-state index contributed by atoms with van der Waals surface area (Å²) in [5.74, 6) is -4.82. The monoisotopic (exact) mass is 263 g/mol. The fraction of sp³-hybridized carbons (Fsp3) is 0.929. The second kappa shape index (κ2) is 10.3. The van der Waals surface area contributed by atoms with Crippen LogP contribution < -0.4 is 5.73 Å². The van der Waals surface area contributed by atoms with E-state index in [-0.39, 0.29) is 0 Å². The van der Waals surface area contributed by atoms with Crippen molar-refractivity contribution in [1.29, 1.82) is 0 Å². The van der Waals surface area contributed by atoms with Crippen LogP contribution in [-0.4, -0.2) is 11.8 Å². The first-order valence-corrected chi connectivity index (χ1v) is 7.18. The molecular formula is C14H27F2NO. The summed E-state index contributed by atoms with van der Waals surface area (Å²) in [5, 5.41) is 0. The van der Waals surface area contributed by atoms with Crippen LogP contribution in [0.3, 0.4) is 0 Å². The molecule has 0 aromatic heterocycles. The molecule has 0 saturated heterocycles. The molecule has 0 fully saturated rings. The van der Waals surface area contributed by atoms with Gasteiger partial charge in [-0.05, 0) is 6.42 Å². The molecule has 0 aliphatic rings. The third-order valence-corrected chi connectivity index (χ3v) is 3.20. The molecule has 0 aromatic rings. The number of unbranched alkanes of at least 4 members (excludes halogenated alkanes) is 9. The predicted octanol–water partition coefficient (Wildman–Crippen LogP) is 4.42. The fourth-order valence-corrected chi connectivity index (χ4v) is 1.96. The van der Waals surface area contributed by atoms with Gasteiger partial charge in [-0.25, -0.2) is 0 Å². The Labute approximate surface area is 109 Å². The number of alkyl halides is 2. The van der Waals surface area contributed by atoms with E-state index < -0.39 is 18.3 Å². The number of amides is 1. The molecule has 2 nitrogen and oxygen atoms in total. The predicted molar refractivity (Wildman–Crippen MR) is 70.6 cm³/mol. The summed E-state index contributed by atoms with van der Waals surface area (Å²) in [6.07, 6.45) is 10.4. The molecule has 0 bridgehead atoms. The van der Waals surface area contributed by atoms with E-state index in [1.807, 2.05) is 0 Å². The second-order valence-corrected chi connectivity index (χ2v) is 5.00. The molecule has 108 valence electrons. The van der Waals surface area contributed by atoms with Gasteiger partial charge in [0.1, 0.15) is 0 Å². The smallest absolute Gasteiger partial charge is 0.324 e. The average Bonchev–Trinajstić information content (AvgIpc) is 2.31. The summed E-state index contributed by atoms with van der Waals surface area (Å²) in [6.45, 7) is 2.20. The standard InChI is InChI=1S/C14H27F2NO/c1-2-3-4-5-6-7-8-9-10-11-12-14(15,16)13(17)18/h2-12H2,1H3,(H2,17,18). The van der Waals surface area contributed by atoms with Crippen LogP contribution in [0.25, 0.3) is 0 Å². The van der Waals surface area contributed by atoms with E-state index in [1.165, 1.54) is 38.5 Å². The van der Waals surface area contributed by atoms with Crippen molar-refractivity contribution < 1.29 is 13.6 Å². The van der Waals surface area contributed by atoms with Crippen molar-refractivity contribution in [3.05, 3.63) is 0 Å². The van der Waals surface area contributed by atoms with Gasteiger partial charge in [0.2, 0.25) is 0 Å². The highest BCUT2D eigenvalue weighted by atomic mass is 19.3. The van der Waals surface area contributed by atoms with Crippen molar-refractivity contribution in [3.63, 3.8) is 0 Å². The third-order valence-electron chi connectivity index (χ3n) is 3.20. The summed E-state index contributed by atoms with van der Waals surface area (Å²) in [6, 6.07) is 0. The number of rotatable bonds is 12. The molecule has 4 heteroatoms. The number of halogens is 2. The molecule has 18 heavy (non-hydrogen) atoms. The van der Waals surface area contributed by atoms with E-state index >= 15 is 0 Å². The van der Waals surface area contributed by atoms with Crippen LogP contribution >= 0.6 is 0 Å². The van der Waals surface area contributed by atoms with Crippen molar-refractivity contribution in [2.45, 2.75) is 83.5 Å². The van der Waals surface area contributed by atoms with Crippen LogP contribution in [0.4, 0.5) is 8.78 Å². The third kappa shape index (κ3) is 9.37. The first-order valence-electron chi connectivity index (χ1n) is 7.18. The molecule has 0 radical (unpaired) electrons. The normalized spacial score (nSPS) is 11.7. The highest BCUT2D eigenvalue weighted by Gasteiger charge is 2.35. The topological polar surface area (TPSA) is 43.1 Å². The molecule has 0 saturated carbocycles. The molecule has 2 N–H and O–H groups in total. The van der Waals surface area contributed by atoms with Gasteiger partial charge in [0.05, 0.1) is 0 Å². The molecular weight excluding hydrogens is 236 g/mol. The lowest BCUT2D eigenvalue weighted by Crippen LogP contribution is -2.35. The van der Waals surface area contributed by atoms with Crippen LogP contribution in [0.15, 0.2) is 0 Å². The summed E-state index contributed by atoms with van der Waals surface area (Å²) >= 11 is 0. The minimum atomic E-state index is -3.32. The van der Waals surface area contributed by atoms with Gasteiger partial charge < -0.3 is 5.73 Å². The lowest BCUT2D eigenvalue weighted by molar-refractivity contribution is -0.142. The van der Waals surface area contributed by atoms with Crippen LogP contribution in [0.5, 0.6) is 0 Å². The number of nitrogens with two attached hydrogens (primary N) is 1. The van der Waals surface area contributed by atoms with Gasteiger partial charge >= 0.3 is 5.92 Å². The van der Waals surface area contributed by atoms with Crippen molar-refractivity contribution >= 4 is 5.91 Å². The lowest BCUT2D eigenvalue weighted by atomic mass is 10.0. The Bertz CT molecular complexity index is 220. The van der Waals surface area contributed by atoms with Gasteiger partial charge in [-0.3, -0.25) is 4.79 Å². The van der Waals surface area contributed by atoms with Gasteiger partial charge in [-0.15, -0.1) is 0 Å². The van der Waals surface area contributed by atoms with Crippen LogP contribution in [0.2, 0.25) is 0 Å². The van der Waals surface area contributed by atoms with Crippen LogP contribution in [0.1, 0.15) is 77.6 Å². The maximum absolute atomic E-state index is 12.8. The van der Waals surface area contributed by atoms with Crippen LogP contribution in [0, 0.1) is 0 Å². The van der Waals surface area contributed by atoms with Crippen molar-refractivity contribution in [3.8, 4) is 0 Å². The van der Waals surface area contributed by atoms with Gasteiger partial charge in [0.15, 0.2) is 0 Å². The summed E-state index contributed by atoms with van der Waals surface area (Å²) in [4.78, 5) is 10.4. The van der Waals surface area contributed by atoms with Gasteiger partial charge in [0, 0.05) is 6.42 Å². The zero-order valence-corrected chi connectivity index (χ0v) is 11.5. The highest BCUT2D eigenvalue weighted by Crippen LogP contribution is 2.21. The molecule has 0 rings (SSSR count). The molecule has 0 heterocycles. The van der Waals surface area contributed by atoms with E-state index in [1.54, 1.807) is 0 Å². The first kappa shape index (κ1) is 17.3. The Balaban J connectivity index is 3.24. The highest BCUT2D eigenvalue weighted by molar-refractivity contribution is 5.81. The van der Waals surface area contributed by atoms with Gasteiger partial charge in [-0.1, -0.05) is 64.7 Å². The lowest BCUT2D eigenvalue weighted by Gasteiger charge is -2.11. The molecule has 0 aromatic carbocycles. The Morgan fingerprint density at radius 1 is 0.889 bits per heavy atom. The SMILES string of the molecule is CCCCCCCCCCCCC(F)(F)C(N)=O. The number of carbonyl (C=O) groups is 1. The molecule has 0 atom stereocenters. The summed E-state index contributed by atoms with van der Waals surface area (Å²) in [7, 11) is 0. The van der Waals surface area contributed by atoms with E-state index in [0.29, 0.717) is 6.42 Å². The largest absolute Gasteiger partial charge is 0.364 e. The Morgan fingerprint density at radius 3 is 1.67 bits per heavy atom. The quantitative estimate of drug-likeness (QED) is 0.520. The molecule has 0 unspecified atom stereocenters. The maximum atomic E-state index is 12.8. The minimum absolute atomic E-state index is 0.381. The maximum Gasteiger partial charge on any atom is 0.324 e. The van der Waals surface area contributed by atoms with Gasteiger partial charge in [0.25, 0.3) is 5.91 Å². The Morgan fingerprint density at radius 2 is 1.28 bits per heavy atom. The first-order chi connectivity index (χ1) is 8.50. The van der Waals surface area contributed by atoms with Crippen LogP contribution in [-0.2, 0) is 4.79 Å². The van der Waals surface area contributed by atoms with Gasteiger partial charge in [-0.2, -0.15) is 8.78 Å². The summed E-state index contributed by atoms with van der Waals surface area (Å²) in [5.41, 5.74) is 4.60. The molecule has 0 spiro atoms. The number of carbonyl (C=O) groups excluding carboxylic acids is 1. The Hall–Kier alpha value is -0.670. The zero-order chi connectivity index (χ0) is 13.9. The number of hydrogen-bond acceptors (Lipinski definition) is 1. The Kier molecular flexibility index (Phi) is 9.89. The average molecular weight is 263 g/mol. The number of hydrogen-bond donors (Lipinski definition) is 1. The second-order valence-electron chi connectivity index (χ2n) is 5.00. The molecule has 0 aliphatic heterocycles.